The lowest BCUT2D eigenvalue weighted by molar-refractivity contribution is -0.142. The van der Waals surface area contributed by atoms with Crippen LogP contribution in [-0.2, 0) is 24.7 Å². The molecular weight excluding hydrogens is 497 g/mol. The van der Waals surface area contributed by atoms with E-state index in [2.05, 4.69) is 4.98 Å². The van der Waals surface area contributed by atoms with Gasteiger partial charge in [-0.3, -0.25) is 0 Å². The summed E-state index contributed by atoms with van der Waals surface area (Å²) in [7, 11) is 0. The Morgan fingerprint density at radius 3 is 1.88 bits per heavy atom. The average Bonchev–Trinajstić information content (AvgIpc) is 2.76. The Balaban J connectivity index is 2.16. The van der Waals surface area contributed by atoms with E-state index in [1.165, 1.54) is 0 Å². The minimum Gasteiger partial charge on any atom is -0.392 e. The molecular formula is C22H14F9NOS. The Morgan fingerprint density at radius 1 is 0.824 bits per heavy atom. The van der Waals surface area contributed by atoms with Gasteiger partial charge >= 0.3 is 12.4 Å². The Bertz CT molecular complexity index is 1140. The number of hydrogen-bond donors (Lipinski definition) is 1. The van der Waals surface area contributed by atoms with Crippen molar-refractivity contribution in [2.24, 2.45) is 0 Å². The van der Waals surface area contributed by atoms with Crippen LogP contribution in [0, 0.1) is 5.82 Å². The molecule has 0 fully saturated rings. The standard InChI is InChI=1S/C22H14F9NOS/c23-13-5-1-11(2-6-13)17-15(9-33)19(22(29,30)31)32-18(20(24)25)16(17)10-34-14-7-3-12(4-8-14)21(26,27)28/h1-8,20,33H,9-10H2. The van der Waals surface area contributed by atoms with Crippen LogP contribution in [0.5, 0.6) is 0 Å². The molecule has 0 amide bonds. The van der Waals surface area contributed by atoms with Crippen molar-refractivity contribution in [1.29, 1.82) is 0 Å². The first kappa shape index (κ1) is 25.9. The van der Waals surface area contributed by atoms with Gasteiger partial charge in [-0.05, 0) is 53.1 Å². The van der Waals surface area contributed by atoms with Gasteiger partial charge < -0.3 is 5.11 Å². The van der Waals surface area contributed by atoms with Crippen LogP contribution in [0.1, 0.15) is 34.5 Å². The van der Waals surface area contributed by atoms with Gasteiger partial charge in [-0.2, -0.15) is 26.3 Å². The number of aliphatic hydroxyl groups is 1. The third-order valence-corrected chi connectivity index (χ3v) is 5.80. The fourth-order valence-corrected chi connectivity index (χ4v) is 4.19. The highest BCUT2D eigenvalue weighted by atomic mass is 32.2. The number of pyridine rings is 1. The SMILES string of the molecule is OCc1c(C(F)(F)F)nc(C(F)F)c(CSc2ccc(C(F)(F)F)cc2)c1-c1ccc(F)cc1. The van der Waals surface area contributed by atoms with Gasteiger partial charge in [0.25, 0.3) is 6.43 Å². The summed E-state index contributed by atoms with van der Waals surface area (Å²) >= 11 is 0.791. The number of aliphatic hydroxyl groups excluding tert-OH is 1. The molecule has 0 radical (unpaired) electrons. The van der Waals surface area contributed by atoms with Gasteiger partial charge in [0.1, 0.15) is 11.5 Å². The van der Waals surface area contributed by atoms with Crippen molar-refractivity contribution in [3.63, 3.8) is 0 Å². The van der Waals surface area contributed by atoms with E-state index < -0.39 is 59.5 Å². The first-order chi connectivity index (χ1) is 15.8. The van der Waals surface area contributed by atoms with Crippen LogP contribution in [0.25, 0.3) is 11.1 Å². The van der Waals surface area contributed by atoms with Gasteiger partial charge in [0.05, 0.1) is 12.2 Å². The van der Waals surface area contributed by atoms with E-state index >= 15 is 0 Å². The smallest absolute Gasteiger partial charge is 0.392 e. The number of hydrogen-bond acceptors (Lipinski definition) is 3. The van der Waals surface area contributed by atoms with Gasteiger partial charge in [-0.1, -0.05) is 12.1 Å². The summed E-state index contributed by atoms with van der Waals surface area (Å²) < 4.78 is 120. The van der Waals surface area contributed by atoms with Gasteiger partial charge in [0.15, 0.2) is 5.69 Å². The molecule has 0 aliphatic carbocycles. The average molecular weight is 511 g/mol. The number of halogens is 9. The van der Waals surface area contributed by atoms with Crippen molar-refractivity contribution in [2.45, 2.75) is 36.0 Å². The maximum atomic E-state index is 13.8. The molecule has 0 bridgehead atoms. The zero-order valence-corrected chi connectivity index (χ0v) is 17.6. The molecule has 0 aliphatic heterocycles. The Labute approximate surface area is 191 Å². The van der Waals surface area contributed by atoms with Crippen molar-refractivity contribution < 1.29 is 44.6 Å². The predicted molar refractivity (Wildman–Crippen MR) is 107 cm³/mol. The Morgan fingerprint density at radius 2 is 1.41 bits per heavy atom. The zero-order chi connectivity index (χ0) is 25.3. The number of benzene rings is 2. The van der Waals surface area contributed by atoms with Crippen molar-refractivity contribution in [1.82, 2.24) is 4.98 Å². The lowest BCUT2D eigenvalue weighted by atomic mass is 9.93. The summed E-state index contributed by atoms with van der Waals surface area (Å²) in [5.41, 5.74) is -5.41. The lowest BCUT2D eigenvalue weighted by Gasteiger charge is -2.22. The molecule has 1 heterocycles. The molecule has 1 aromatic heterocycles. The minimum atomic E-state index is -5.17. The number of nitrogens with zero attached hydrogens (tertiary/aromatic N) is 1. The van der Waals surface area contributed by atoms with Crippen LogP contribution in [0.4, 0.5) is 39.5 Å². The molecule has 0 saturated heterocycles. The summed E-state index contributed by atoms with van der Waals surface area (Å²) in [4.78, 5) is 3.33. The molecule has 3 aromatic rings. The van der Waals surface area contributed by atoms with E-state index in [0.29, 0.717) is 0 Å². The van der Waals surface area contributed by atoms with Gasteiger partial charge in [-0.15, -0.1) is 11.8 Å². The molecule has 2 aromatic carbocycles. The first-order valence-corrected chi connectivity index (χ1v) is 10.4. The minimum absolute atomic E-state index is 0.0664. The highest BCUT2D eigenvalue weighted by Gasteiger charge is 2.39. The van der Waals surface area contributed by atoms with Crippen LogP contribution < -0.4 is 0 Å². The second-order valence-electron chi connectivity index (χ2n) is 6.95. The maximum Gasteiger partial charge on any atom is 0.433 e. The summed E-state index contributed by atoms with van der Waals surface area (Å²) in [6, 6.07) is 7.73. The van der Waals surface area contributed by atoms with E-state index in [0.717, 1.165) is 60.3 Å². The van der Waals surface area contributed by atoms with Gasteiger partial charge in [0.2, 0.25) is 0 Å². The Hall–Kier alpha value is -2.73. The first-order valence-electron chi connectivity index (χ1n) is 9.40. The maximum absolute atomic E-state index is 13.8. The van der Waals surface area contributed by atoms with E-state index in [9.17, 15) is 44.6 Å². The second-order valence-corrected chi connectivity index (χ2v) is 8.00. The Kier molecular flexibility index (Phi) is 7.51. The van der Waals surface area contributed by atoms with Crippen molar-refractivity contribution in [3.8, 4) is 11.1 Å². The number of thioether (sulfide) groups is 1. The number of rotatable bonds is 6. The normalized spacial score (nSPS) is 12.4. The van der Waals surface area contributed by atoms with Crippen LogP contribution in [0.3, 0.4) is 0 Å². The van der Waals surface area contributed by atoms with Crippen LogP contribution >= 0.6 is 11.8 Å². The number of aromatic nitrogens is 1. The molecule has 1 N–H and O–H groups in total. The molecule has 2 nitrogen and oxygen atoms in total. The van der Waals surface area contributed by atoms with Crippen LogP contribution in [0.2, 0.25) is 0 Å². The fraction of sp³-hybridized carbons (Fsp3) is 0.227. The number of alkyl halides is 8. The van der Waals surface area contributed by atoms with Crippen LogP contribution in [0.15, 0.2) is 53.4 Å². The molecule has 182 valence electrons. The summed E-state index contributed by atoms with van der Waals surface area (Å²) in [5.74, 6) is -1.13. The van der Waals surface area contributed by atoms with Crippen molar-refractivity contribution >= 4 is 11.8 Å². The lowest BCUT2D eigenvalue weighted by Crippen LogP contribution is -2.17. The van der Waals surface area contributed by atoms with E-state index in [1.54, 1.807) is 0 Å². The van der Waals surface area contributed by atoms with Gasteiger partial charge in [-0.25, -0.2) is 18.2 Å². The quantitative estimate of drug-likeness (QED) is 0.273. The molecule has 0 atom stereocenters. The van der Waals surface area contributed by atoms with E-state index in [4.69, 9.17) is 0 Å². The summed E-state index contributed by atoms with van der Waals surface area (Å²) in [6.45, 7) is -1.20. The second kappa shape index (κ2) is 9.87. The summed E-state index contributed by atoms with van der Waals surface area (Å²) in [6.07, 6.45) is -13.2. The molecule has 0 aliphatic rings. The largest absolute Gasteiger partial charge is 0.433 e. The highest BCUT2D eigenvalue weighted by molar-refractivity contribution is 7.98. The molecule has 0 saturated carbocycles. The van der Waals surface area contributed by atoms with E-state index in [-0.39, 0.29) is 21.6 Å². The fourth-order valence-electron chi connectivity index (χ4n) is 3.26. The zero-order valence-electron chi connectivity index (χ0n) is 16.8. The van der Waals surface area contributed by atoms with Crippen molar-refractivity contribution in [2.75, 3.05) is 0 Å². The molecule has 3 rings (SSSR count). The molecule has 0 spiro atoms. The topological polar surface area (TPSA) is 33.1 Å². The van der Waals surface area contributed by atoms with Crippen LogP contribution in [-0.4, -0.2) is 10.1 Å². The van der Waals surface area contributed by atoms with Gasteiger partial charge in [0, 0.05) is 16.2 Å². The predicted octanol–water partition coefficient (Wildman–Crippen LogP) is 7.65. The molecule has 12 heteroatoms. The summed E-state index contributed by atoms with van der Waals surface area (Å²) in [5, 5.41) is 9.71. The van der Waals surface area contributed by atoms with E-state index in [1.807, 2.05) is 0 Å². The molecule has 0 unspecified atom stereocenters. The highest BCUT2D eigenvalue weighted by Crippen LogP contribution is 2.43. The monoisotopic (exact) mass is 511 g/mol. The third kappa shape index (κ3) is 5.66. The third-order valence-electron chi connectivity index (χ3n) is 4.76. The molecule has 34 heavy (non-hydrogen) atoms. The van der Waals surface area contributed by atoms with Crippen molar-refractivity contribution in [3.05, 3.63) is 82.4 Å².